The number of carbonyl (C=O) groups is 1. The minimum Gasteiger partial charge on any atom is -0.493 e. The highest BCUT2D eigenvalue weighted by atomic mass is 79.9. The van der Waals surface area contributed by atoms with Gasteiger partial charge >= 0.3 is 0 Å². The molecule has 0 aliphatic carbocycles. The van der Waals surface area contributed by atoms with Crippen LogP contribution in [0.15, 0.2) is 28.7 Å². The number of rotatable bonds is 7. The number of ether oxygens (including phenoxy) is 1. The zero-order valence-corrected chi connectivity index (χ0v) is 15.8. The third-order valence-corrected chi connectivity index (χ3v) is 4.74. The van der Waals surface area contributed by atoms with Crippen LogP contribution in [-0.2, 0) is 24.2 Å². The quantitative estimate of drug-likeness (QED) is 0.767. The van der Waals surface area contributed by atoms with Gasteiger partial charge in [0, 0.05) is 30.4 Å². The predicted octanol–water partition coefficient (Wildman–Crippen LogP) is 2.89. The predicted molar refractivity (Wildman–Crippen MR) is 98.5 cm³/mol. The van der Waals surface area contributed by atoms with E-state index < -0.39 is 0 Å². The minimum atomic E-state index is -0.00870. The lowest BCUT2D eigenvalue weighted by atomic mass is 10.2. The van der Waals surface area contributed by atoms with Crippen LogP contribution in [0.3, 0.4) is 0 Å². The summed E-state index contributed by atoms with van der Waals surface area (Å²) < 4.78 is 8.76. The van der Waals surface area contributed by atoms with E-state index in [1.54, 1.807) is 0 Å². The van der Waals surface area contributed by atoms with Gasteiger partial charge < -0.3 is 14.6 Å². The van der Waals surface area contributed by atoms with Gasteiger partial charge in [-0.3, -0.25) is 4.79 Å². The van der Waals surface area contributed by atoms with Gasteiger partial charge in [0.1, 0.15) is 17.4 Å². The molecule has 3 rings (SSSR count). The van der Waals surface area contributed by atoms with Gasteiger partial charge in [-0.05, 0) is 31.0 Å². The molecule has 134 valence electrons. The average Bonchev–Trinajstić information content (AvgIpc) is 2.82. The SMILES string of the molecule is O=C(CCOc1cccc(Br)c1)NCCc1nnc2n1CCCCC2. The second-order valence-corrected chi connectivity index (χ2v) is 7.07. The van der Waals surface area contributed by atoms with Gasteiger partial charge in [0.15, 0.2) is 0 Å². The van der Waals surface area contributed by atoms with Crippen molar-refractivity contribution in [2.45, 2.75) is 45.1 Å². The molecule has 0 radical (unpaired) electrons. The van der Waals surface area contributed by atoms with Crippen LogP contribution in [0.2, 0.25) is 0 Å². The molecule has 1 aliphatic rings. The summed E-state index contributed by atoms with van der Waals surface area (Å²) in [6.07, 6.45) is 5.67. The second kappa shape index (κ2) is 8.99. The number of halogens is 1. The van der Waals surface area contributed by atoms with Crippen molar-refractivity contribution in [2.24, 2.45) is 0 Å². The summed E-state index contributed by atoms with van der Waals surface area (Å²) >= 11 is 3.39. The molecule has 1 aromatic carbocycles. The van der Waals surface area contributed by atoms with Crippen molar-refractivity contribution in [2.75, 3.05) is 13.2 Å². The molecule has 0 atom stereocenters. The maximum absolute atomic E-state index is 11.9. The third-order valence-electron chi connectivity index (χ3n) is 4.25. The van der Waals surface area contributed by atoms with Gasteiger partial charge in [0.2, 0.25) is 5.91 Å². The lowest BCUT2D eigenvalue weighted by Crippen LogP contribution is -2.27. The van der Waals surface area contributed by atoms with Gasteiger partial charge in [-0.2, -0.15) is 0 Å². The maximum atomic E-state index is 11.9. The zero-order valence-electron chi connectivity index (χ0n) is 14.2. The highest BCUT2D eigenvalue weighted by Crippen LogP contribution is 2.17. The Kier molecular flexibility index (Phi) is 6.44. The smallest absolute Gasteiger partial charge is 0.223 e. The van der Waals surface area contributed by atoms with Crippen LogP contribution in [0.25, 0.3) is 0 Å². The number of nitrogens with one attached hydrogen (secondary N) is 1. The molecule has 25 heavy (non-hydrogen) atoms. The highest BCUT2D eigenvalue weighted by molar-refractivity contribution is 9.10. The normalized spacial score (nSPS) is 13.8. The maximum Gasteiger partial charge on any atom is 0.223 e. The molecular weight excluding hydrogens is 384 g/mol. The molecule has 2 aromatic rings. The van der Waals surface area contributed by atoms with E-state index in [9.17, 15) is 4.79 Å². The van der Waals surface area contributed by atoms with Crippen molar-refractivity contribution < 1.29 is 9.53 Å². The molecule has 1 N–H and O–H groups in total. The minimum absolute atomic E-state index is 0.00870. The van der Waals surface area contributed by atoms with Gasteiger partial charge in [-0.1, -0.05) is 28.4 Å². The van der Waals surface area contributed by atoms with E-state index in [0.717, 1.165) is 34.8 Å². The largest absolute Gasteiger partial charge is 0.493 e. The van der Waals surface area contributed by atoms with E-state index in [-0.39, 0.29) is 5.91 Å². The van der Waals surface area contributed by atoms with E-state index >= 15 is 0 Å². The number of hydrogen-bond donors (Lipinski definition) is 1. The fourth-order valence-corrected chi connectivity index (χ4v) is 3.33. The number of fused-ring (bicyclic) bond motifs is 1. The van der Waals surface area contributed by atoms with Crippen LogP contribution in [0.5, 0.6) is 5.75 Å². The molecule has 2 heterocycles. The van der Waals surface area contributed by atoms with Crippen molar-refractivity contribution in [1.82, 2.24) is 20.1 Å². The molecule has 0 bridgehead atoms. The summed E-state index contributed by atoms with van der Waals surface area (Å²) in [6, 6.07) is 7.60. The molecule has 0 saturated carbocycles. The first-order chi connectivity index (χ1) is 12.2. The van der Waals surface area contributed by atoms with E-state index in [1.165, 1.54) is 19.3 Å². The number of aromatic nitrogens is 3. The van der Waals surface area contributed by atoms with Crippen LogP contribution in [-0.4, -0.2) is 33.8 Å². The Hall–Kier alpha value is -1.89. The lowest BCUT2D eigenvalue weighted by Gasteiger charge is -2.09. The molecule has 7 heteroatoms. The molecule has 0 unspecified atom stereocenters. The van der Waals surface area contributed by atoms with E-state index in [1.807, 2.05) is 24.3 Å². The number of amides is 1. The van der Waals surface area contributed by atoms with E-state index in [0.29, 0.717) is 26.0 Å². The summed E-state index contributed by atoms with van der Waals surface area (Å²) in [5.74, 6) is 2.81. The van der Waals surface area contributed by atoms with Crippen molar-refractivity contribution in [3.8, 4) is 5.75 Å². The number of carbonyl (C=O) groups excluding carboxylic acids is 1. The molecule has 0 saturated heterocycles. The van der Waals surface area contributed by atoms with Crippen LogP contribution in [0.1, 0.15) is 37.3 Å². The lowest BCUT2D eigenvalue weighted by molar-refractivity contribution is -0.121. The summed E-state index contributed by atoms with van der Waals surface area (Å²) in [4.78, 5) is 11.9. The number of benzene rings is 1. The Labute approximate surface area is 156 Å². The summed E-state index contributed by atoms with van der Waals surface area (Å²) in [7, 11) is 0. The summed E-state index contributed by atoms with van der Waals surface area (Å²) in [6.45, 7) is 1.93. The van der Waals surface area contributed by atoms with Crippen molar-refractivity contribution in [1.29, 1.82) is 0 Å². The van der Waals surface area contributed by atoms with E-state index in [4.69, 9.17) is 4.74 Å². The first-order valence-corrected chi connectivity index (χ1v) is 9.58. The number of hydrogen-bond acceptors (Lipinski definition) is 4. The summed E-state index contributed by atoms with van der Waals surface area (Å²) in [5.41, 5.74) is 0. The molecule has 0 fully saturated rings. The Morgan fingerprint density at radius 3 is 3.08 bits per heavy atom. The van der Waals surface area contributed by atoms with Crippen molar-refractivity contribution in [3.63, 3.8) is 0 Å². The Bertz CT molecular complexity index is 717. The first-order valence-electron chi connectivity index (χ1n) is 8.78. The van der Waals surface area contributed by atoms with Crippen LogP contribution < -0.4 is 10.1 Å². The number of aryl methyl sites for hydroxylation is 1. The van der Waals surface area contributed by atoms with E-state index in [2.05, 4.69) is 36.0 Å². The Morgan fingerprint density at radius 2 is 2.20 bits per heavy atom. The van der Waals surface area contributed by atoms with Gasteiger partial charge in [-0.15, -0.1) is 10.2 Å². The average molecular weight is 407 g/mol. The monoisotopic (exact) mass is 406 g/mol. The fourth-order valence-electron chi connectivity index (χ4n) is 2.95. The first kappa shape index (κ1) is 17.9. The van der Waals surface area contributed by atoms with Gasteiger partial charge in [-0.25, -0.2) is 0 Å². The molecule has 0 spiro atoms. The second-order valence-electron chi connectivity index (χ2n) is 6.15. The highest BCUT2D eigenvalue weighted by Gasteiger charge is 2.14. The summed E-state index contributed by atoms with van der Waals surface area (Å²) in [5, 5.41) is 11.5. The zero-order chi connectivity index (χ0) is 17.5. The Balaban J connectivity index is 1.37. The number of nitrogens with zero attached hydrogens (tertiary/aromatic N) is 3. The van der Waals surface area contributed by atoms with Gasteiger partial charge in [0.05, 0.1) is 13.0 Å². The van der Waals surface area contributed by atoms with Crippen molar-refractivity contribution >= 4 is 21.8 Å². The topological polar surface area (TPSA) is 69.0 Å². The molecule has 1 aromatic heterocycles. The third kappa shape index (κ3) is 5.29. The molecule has 1 amide bonds. The Morgan fingerprint density at radius 1 is 1.28 bits per heavy atom. The van der Waals surface area contributed by atoms with Crippen LogP contribution in [0, 0.1) is 0 Å². The fraction of sp³-hybridized carbons (Fsp3) is 0.500. The van der Waals surface area contributed by atoms with Crippen LogP contribution >= 0.6 is 15.9 Å². The molecule has 1 aliphatic heterocycles. The van der Waals surface area contributed by atoms with Crippen LogP contribution in [0.4, 0.5) is 0 Å². The van der Waals surface area contributed by atoms with Crippen molar-refractivity contribution in [3.05, 3.63) is 40.4 Å². The molecule has 6 nitrogen and oxygen atoms in total. The van der Waals surface area contributed by atoms with Gasteiger partial charge in [0.25, 0.3) is 0 Å². The standard InChI is InChI=1S/C18H23BrN4O2/c19-14-5-4-6-15(13-14)25-12-9-18(24)20-10-8-17-22-21-16-7-2-1-3-11-23(16)17/h4-6,13H,1-3,7-12H2,(H,20,24). The molecular formula is C18H23BrN4O2.